The van der Waals surface area contributed by atoms with Crippen LogP contribution < -0.4 is 5.32 Å². The van der Waals surface area contributed by atoms with Crippen molar-refractivity contribution < 1.29 is 0 Å². The summed E-state index contributed by atoms with van der Waals surface area (Å²) in [5.41, 5.74) is 2.05. The maximum atomic E-state index is 8.67. The van der Waals surface area contributed by atoms with E-state index in [2.05, 4.69) is 23.5 Å². The number of benzene rings is 1. The molecular formula is C12H15ClN2. The van der Waals surface area contributed by atoms with Crippen molar-refractivity contribution in [3.05, 3.63) is 35.4 Å². The summed E-state index contributed by atoms with van der Waals surface area (Å²) in [5, 5.41) is 12.2. The highest BCUT2D eigenvalue weighted by Crippen LogP contribution is 2.22. The fourth-order valence-corrected chi connectivity index (χ4v) is 1.93. The Morgan fingerprint density at radius 2 is 1.93 bits per heavy atom. The molecule has 0 spiro atoms. The predicted octanol–water partition coefficient (Wildman–Crippen LogP) is 2.79. The van der Waals surface area contributed by atoms with Gasteiger partial charge in [0.15, 0.2) is 0 Å². The Morgan fingerprint density at radius 3 is 2.47 bits per heavy atom. The van der Waals surface area contributed by atoms with Crippen LogP contribution >= 0.6 is 12.4 Å². The molecule has 1 N–H and O–H groups in total. The van der Waals surface area contributed by atoms with E-state index in [1.807, 2.05) is 12.1 Å². The summed E-state index contributed by atoms with van der Waals surface area (Å²) in [6.45, 7) is 1.12. The Hall–Kier alpha value is -1.04. The molecule has 0 aromatic heterocycles. The Bertz CT molecular complexity index is 334. The minimum atomic E-state index is 0. The molecule has 1 saturated heterocycles. The van der Waals surface area contributed by atoms with Gasteiger partial charge in [0, 0.05) is 6.04 Å². The van der Waals surface area contributed by atoms with E-state index < -0.39 is 0 Å². The van der Waals surface area contributed by atoms with Crippen LogP contribution in [0, 0.1) is 11.3 Å². The second-order valence-corrected chi connectivity index (χ2v) is 3.74. The average Bonchev–Trinajstić information content (AvgIpc) is 2.30. The van der Waals surface area contributed by atoms with E-state index in [9.17, 15) is 0 Å². The van der Waals surface area contributed by atoms with Gasteiger partial charge in [-0.1, -0.05) is 18.6 Å². The first-order valence-electron chi connectivity index (χ1n) is 5.13. The van der Waals surface area contributed by atoms with Gasteiger partial charge in [-0.05, 0) is 37.1 Å². The molecule has 2 rings (SSSR count). The lowest BCUT2D eigenvalue weighted by Crippen LogP contribution is -2.26. The summed E-state index contributed by atoms with van der Waals surface area (Å²) in [7, 11) is 0. The lowest BCUT2D eigenvalue weighted by molar-refractivity contribution is 0.412. The average molecular weight is 223 g/mol. The van der Waals surface area contributed by atoms with E-state index in [0.717, 1.165) is 12.1 Å². The highest BCUT2D eigenvalue weighted by atomic mass is 35.5. The Kier molecular flexibility index (Phi) is 4.61. The molecule has 1 heterocycles. The van der Waals surface area contributed by atoms with Crippen molar-refractivity contribution >= 4 is 12.4 Å². The second kappa shape index (κ2) is 5.75. The van der Waals surface area contributed by atoms with Gasteiger partial charge in [0.1, 0.15) is 0 Å². The SMILES string of the molecule is Cl.N#Cc1ccc(C2CCCCN2)cc1. The zero-order valence-electron chi connectivity index (χ0n) is 8.57. The van der Waals surface area contributed by atoms with E-state index in [1.54, 1.807) is 0 Å². The van der Waals surface area contributed by atoms with Gasteiger partial charge in [0.05, 0.1) is 11.6 Å². The van der Waals surface area contributed by atoms with Crippen LogP contribution in [0.1, 0.15) is 36.4 Å². The standard InChI is InChI=1S/C12H14N2.ClH/c13-9-10-4-6-11(7-5-10)12-3-1-2-8-14-12;/h4-7,12,14H,1-3,8H2;1H. The highest BCUT2D eigenvalue weighted by Gasteiger charge is 2.13. The largest absolute Gasteiger partial charge is 0.310 e. The van der Waals surface area contributed by atoms with Crippen LogP contribution in [0.4, 0.5) is 0 Å². The van der Waals surface area contributed by atoms with Gasteiger partial charge in [0.25, 0.3) is 0 Å². The summed E-state index contributed by atoms with van der Waals surface area (Å²) in [5.74, 6) is 0. The first-order valence-corrected chi connectivity index (χ1v) is 5.13. The van der Waals surface area contributed by atoms with Gasteiger partial charge in [-0.3, -0.25) is 0 Å². The van der Waals surface area contributed by atoms with Crippen molar-refractivity contribution in [1.82, 2.24) is 5.32 Å². The third-order valence-corrected chi connectivity index (χ3v) is 2.75. The van der Waals surface area contributed by atoms with Crippen molar-refractivity contribution in [2.24, 2.45) is 0 Å². The third kappa shape index (κ3) is 2.95. The molecule has 1 atom stereocenters. The van der Waals surface area contributed by atoms with Gasteiger partial charge in [-0.25, -0.2) is 0 Å². The number of halogens is 1. The molecule has 0 amide bonds. The van der Waals surface area contributed by atoms with Crippen LogP contribution in [0.3, 0.4) is 0 Å². The van der Waals surface area contributed by atoms with Crippen LogP contribution in [0.2, 0.25) is 0 Å². The van der Waals surface area contributed by atoms with E-state index in [0.29, 0.717) is 6.04 Å². The molecule has 0 bridgehead atoms. The van der Waals surface area contributed by atoms with Crippen LogP contribution in [0.5, 0.6) is 0 Å². The first kappa shape index (κ1) is 12.0. The van der Waals surface area contributed by atoms with Crippen LogP contribution in [0.15, 0.2) is 24.3 Å². The molecule has 1 aliphatic rings. The summed E-state index contributed by atoms with van der Waals surface area (Å²) in [6, 6.07) is 10.5. The number of nitrogens with one attached hydrogen (secondary N) is 1. The summed E-state index contributed by atoms with van der Waals surface area (Å²) < 4.78 is 0. The normalized spacial score (nSPS) is 20.1. The minimum Gasteiger partial charge on any atom is -0.310 e. The van der Waals surface area contributed by atoms with Crippen LogP contribution in [-0.4, -0.2) is 6.54 Å². The molecule has 0 radical (unpaired) electrons. The maximum absolute atomic E-state index is 8.67. The van der Waals surface area contributed by atoms with Crippen LogP contribution in [-0.2, 0) is 0 Å². The molecule has 3 heteroatoms. The highest BCUT2D eigenvalue weighted by molar-refractivity contribution is 5.85. The predicted molar refractivity (Wildman–Crippen MR) is 63.0 cm³/mol. The van der Waals surface area contributed by atoms with Crippen molar-refractivity contribution in [3.63, 3.8) is 0 Å². The molecule has 1 unspecified atom stereocenters. The monoisotopic (exact) mass is 222 g/mol. The molecule has 1 aliphatic heterocycles. The van der Waals surface area contributed by atoms with Crippen molar-refractivity contribution in [3.8, 4) is 6.07 Å². The number of nitrogens with zero attached hydrogens (tertiary/aromatic N) is 1. The fourth-order valence-electron chi connectivity index (χ4n) is 1.93. The quantitative estimate of drug-likeness (QED) is 0.793. The first-order chi connectivity index (χ1) is 6.90. The summed E-state index contributed by atoms with van der Waals surface area (Å²) >= 11 is 0. The van der Waals surface area contributed by atoms with Crippen molar-refractivity contribution in [2.45, 2.75) is 25.3 Å². The Balaban J connectivity index is 0.00000112. The Labute approximate surface area is 96.7 Å². The molecule has 80 valence electrons. The maximum Gasteiger partial charge on any atom is 0.0991 e. The Morgan fingerprint density at radius 1 is 1.20 bits per heavy atom. The van der Waals surface area contributed by atoms with E-state index in [1.165, 1.54) is 24.8 Å². The fraction of sp³-hybridized carbons (Fsp3) is 0.417. The van der Waals surface area contributed by atoms with Crippen LogP contribution in [0.25, 0.3) is 0 Å². The molecular weight excluding hydrogens is 208 g/mol. The third-order valence-electron chi connectivity index (χ3n) is 2.75. The van der Waals surface area contributed by atoms with Gasteiger partial charge >= 0.3 is 0 Å². The van der Waals surface area contributed by atoms with Gasteiger partial charge < -0.3 is 5.32 Å². The lowest BCUT2D eigenvalue weighted by atomic mass is 9.97. The molecule has 1 fully saturated rings. The summed E-state index contributed by atoms with van der Waals surface area (Å²) in [6.07, 6.45) is 3.80. The smallest absolute Gasteiger partial charge is 0.0991 e. The van der Waals surface area contributed by atoms with E-state index in [4.69, 9.17) is 5.26 Å². The molecule has 2 nitrogen and oxygen atoms in total. The number of nitriles is 1. The topological polar surface area (TPSA) is 35.8 Å². The minimum absolute atomic E-state index is 0. The van der Waals surface area contributed by atoms with Crippen molar-refractivity contribution in [2.75, 3.05) is 6.54 Å². The number of rotatable bonds is 1. The molecule has 0 aliphatic carbocycles. The van der Waals surface area contributed by atoms with E-state index in [-0.39, 0.29) is 12.4 Å². The number of hydrogen-bond donors (Lipinski definition) is 1. The number of piperidine rings is 1. The second-order valence-electron chi connectivity index (χ2n) is 3.74. The molecule has 1 aromatic carbocycles. The summed E-state index contributed by atoms with van der Waals surface area (Å²) in [4.78, 5) is 0. The zero-order valence-corrected chi connectivity index (χ0v) is 9.39. The number of hydrogen-bond acceptors (Lipinski definition) is 2. The van der Waals surface area contributed by atoms with Gasteiger partial charge in [-0.15, -0.1) is 12.4 Å². The van der Waals surface area contributed by atoms with Gasteiger partial charge in [0.2, 0.25) is 0 Å². The van der Waals surface area contributed by atoms with E-state index >= 15 is 0 Å². The molecule has 15 heavy (non-hydrogen) atoms. The van der Waals surface area contributed by atoms with Crippen molar-refractivity contribution in [1.29, 1.82) is 5.26 Å². The molecule has 0 saturated carbocycles. The molecule has 1 aromatic rings. The zero-order chi connectivity index (χ0) is 9.80. The van der Waals surface area contributed by atoms with Gasteiger partial charge in [-0.2, -0.15) is 5.26 Å². The lowest BCUT2D eigenvalue weighted by Gasteiger charge is -2.23.